The van der Waals surface area contributed by atoms with Crippen LogP contribution in [0.2, 0.25) is 0 Å². The highest BCUT2D eigenvalue weighted by Crippen LogP contribution is 2.22. The SMILES string of the molecule is Cc1cccc(N)c1NC(=O)NCC(F)(F)F. The van der Waals surface area contributed by atoms with Crippen LogP contribution in [0.15, 0.2) is 18.2 Å². The third kappa shape index (κ3) is 4.21. The number of hydrogen-bond acceptors (Lipinski definition) is 2. The van der Waals surface area contributed by atoms with Gasteiger partial charge in [-0.15, -0.1) is 0 Å². The lowest BCUT2D eigenvalue weighted by molar-refractivity contribution is -0.122. The predicted octanol–water partition coefficient (Wildman–Crippen LogP) is 2.26. The highest BCUT2D eigenvalue weighted by molar-refractivity contribution is 5.93. The third-order valence-corrected chi connectivity index (χ3v) is 1.99. The second-order valence-corrected chi connectivity index (χ2v) is 3.46. The quantitative estimate of drug-likeness (QED) is 0.702. The number of nitrogens with one attached hydrogen (secondary N) is 2. The maximum absolute atomic E-state index is 11.8. The van der Waals surface area contributed by atoms with Gasteiger partial charge in [-0.1, -0.05) is 12.1 Å². The van der Waals surface area contributed by atoms with Crippen molar-refractivity contribution in [3.05, 3.63) is 23.8 Å². The molecule has 1 aromatic rings. The summed E-state index contributed by atoms with van der Waals surface area (Å²) in [6.45, 7) is 0.306. The van der Waals surface area contributed by atoms with Gasteiger partial charge in [-0.3, -0.25) is 0 Å². The fourth-order valence-corrected chi connectivity index (χ4v) is 1.20. The number of nitrogen functional groups attached to an aromatic ring is 1. The van der Waals surface area contributed by atoms with Crippen LogP contribution in [0.3, 0.4) is 0 Å². The molecule has 7 heteroatoms. The van der Waals surface area contributed by atoms with Gasteiger partial charge in [0.1, 0.15) is 6.54 Å². The lowest BCUT2D eigenvalue weighted by Gasteiger charge is -2.13. The van der Waals surface area contributed by atoms with Gasteiger partial charge in [0, 0.05) is 0 Å². The largest absolute Gasteiger partial charge is 0.405 e. The van der Waals surface area contributed by atoms with E-state index in [1.165, 1.54) is 0 Å². The molecule has 0 saturated heterocycles. The lowest BCUT2D eigenvalue weighted by Crippen LogP contribution is -2.36. The van der Waals surface area contributed by atoms with Gasteiger partial charge in [-0.25, -0.2) is 4.79 Å². The van der Waals surface area contributed by atoms with E-state index in [9.17, 15) is 18.0 Å². The van der Waals surface area contributed by atoms with E-state index >= 15 is 0 Å². The topological polar surface area (TPSA) is 67.1 Å². The Morgan fingerprint density at radius 1 is 1.41 bits per heavy atom. The number of carbonyl (C=O) groups excluding carboxylic acids is 1. The predicted molar refractivity (Wildman–Crippen MR) is 58.7 cm³/mol. The van der Waals surface area contributed by atoms with E-state index in [2.05, 4.69) is 5.32 Å². The zero-order chi connectivity index (χ0) is 13.1. The summed E-state index contributed by atoms with van der Waals surface area (Å²) in [6.07, 6.45) is -4.44. The molecule has 4 N–H and O–H groups in total. The molecule has 0 bridgehead atoms. The first-order valence-electron chi connectivity index (χ1n) is 4.76. The molecule has 0 spiro atoms. The number of benzene rings is 1. The minimum atomic E-state index is -4.44. The highest BCUT2D eigenvalue weighted by atomic mass is 19.4. The number of anilines is 2. The molecule has 17 heavy (non-hydrogen) atoms. The van der Waals surface area contributed by atoms with Crippen LogP contribution in [0, 0.1) is 6.92 Å². The third-order valence-electron chi connectivity index (χ3n) is 1.99. The second-order valence-electron chi connectivity index (χ2n) is 3.46. The van der Waals surface area contributed by atoms with Crippen LogP contribution in [-0.2, 0) is 0 Å². The van der Waals surface area contributed by atoms with Gasteiger partial charge in [0.25, 0.3) is 0 Å². The van der Waals surface area contributed by atoms with Crippen molar-refractivity contribution in [3.63, 3.8) is 0 Å². The molecule has 0 saturated carbocycles. The first-order valence-corrected chi connectivity index (χ1v) is 4.76. The van der Waals surface area contributed by atoms with Crippen LogP contribution < -0.4 is 16.4 Å². The summed E-state index contributed by atoms with van der Waals surface area (Å²) >= 11 is 0. The molecular weight excluding hydrogens is 235 g/mol. The average Bonchev–Trinajstić information content (AvgIpc) is 2.20. The lowest BCUT2D eigenvalue weighted by atomic mass is 10.2. The van der Waals surface area contributed by atoms with Crippen LogP contribution in [0.25, 0.3) is 0 Å². The van der Waals surface area contributed by atoms with Crippen molar-refractivity contribution in [1.29, 1.82) is 0 Å². The van der Waals surface area contributed by atoms with Gasteiger partial charge in [0.15, 0.2) is 0 Å². The second kappa shape index (κ2) is 4.94. The molecule has 0 atom stereocenters. The Morgan fingerprint density at radius 3 is 2.59 bits per heavy atom. The maximum atomic E-state index is 11.8. The smallest absolute Gasteiger partial charge is 0.397 e. The van der Waals surface area contributed by atoms with E-state index in [-0.39, 0.29) is 0 Å². The first kappa shape index (κ1) is 13.1. The summed E-state index contributed by atoms with van der Waals surface area (Å²) in [5, 5.41) is 3.97. The van der Waals surface area contributed by atoms with Crippen molar-refractivity contribution in [3.8, 4) is 0 Å². The number of para-hydroxylation sites is 1. The van der Waals surface area contributed by atoms with Crippen LogP contribution in [0.4, 0.5) is 29.3 Å². The Kier molecular flexibility index (Phi) is 3.82. The molecule has 0 heterocycles. The molecular formula is C10H12F3N3O. The van der Waals surface area contributed by atoms with E-state index in [0.29, 0.717) is 16.9 Å². The zero-order valence-corrected chi connectivity index (χ0v) is 9.06. The van der Waals surface area contributed by atoms with Crippen molar-refractivity contribution in [2.75, 3.05) is 17.6 Å². The van der Waals surface area contributed by atoms with Crippen molar-refractivity contribution in [2.24, 2.45) is 0 Å². The first-order chi connectivity index (χ1) is 7.79. The van der Waals surface area contributed by atoms with E-state index in [4.69, 9.17) is 5.73 Å². The Bertz CT molecular complexity index is 397. The number of aryl methyl sites for hydroxylation is 1. The Balaban J connectivity index is 2.63. The van der Waals surface area contributed by atoms with E-state index in [0.717, 1.165) is 0 Å². The molecule has 1 aromatic carbocycles. The van der Waals surface area contributed by atoms with Gasteiger partial charge in [0.05, 0.1) is 11.4 Å². The van der Waals surface area contributed by atoms with Crippen LogP contribution in [0.1, 0.15) is 5.56 Å². The minimum Gasteiger partial charge on any atom is -0.397 e. The van der Waals surface area contributed by atoms with Crippen molar-refractivity contribution >= 4 is 17.4 Å². The number of hydrogen-bond donors (Lipinski definition) is 3. The standard InChI is InChI=1S/C10H12F3N3O/c1-6-3-2-4-7(14)8(6)16-9(17)15-5-10(11,12)13/h2-4H,5,14H2,1H3,(H2,15,16,17). The molecule has 0 aliphatic heterocycles. The van der Waals surface area contributed by atoms with Crippen LogP contribution >= 0.6 is 0 Å². The molecule has 2 amide bonds. The molecule has 0 unspecified atom stereocenters. The van der Waals surface area contributed by atoms with Gasteiger partial charge < -0.3 is 16.4 Å². The summed E-state index contributed by atoms with van der Waals surface area (Å²) in [5.41, 5.74) is 6.87. The summed E-state index contributed by atoms with van der Waals surface area (Å²) in [6, 6.07) is 3.98. The van der Waals surface area contributed by atoms with Gasteiger partial charge in [0.2, 0.25) is 0 Å². The highest BCUT2D eigenvalue weighted by Gasteiger charge is 2.27. The number of amides is 2. The zero-order valence-electron chi connectivity index (χ0n) is 9.06. The average molecular weight is 247 g/mol. The van der Waals surface area contributed by atoms with Crippen LogP contribution in [0.5, 0.6) is 0 Å². The van der Waals surface area contributed by atoms with E-state index in [1.54, 1.807) is 30.4 Å². The Morgan fingerprint density at radius 2 is 2.06 bits per heavy atom. The molecule has 4 nitrogen and oxygen atoms in total. The number of alkyl halides is 3. The molecule has 0 aliphatic rings. The van der Waals surface area contributed by atoms with Crippen molar-refractivity contribution in [1.82, 2.24) is 5.32 Å². The molecule has 0 aliphatic carbocycles. The molecule has 1 rings (SSSR count). The molecule has 0 radical (unpaired) electrons. The number of rotatable bonds is 2. The number of carbonyl (C=O) groups is 1. The fourth-order valence-electron chi connectivity index (χ4n) is 1.20. The van der Waals surface area contributed by atoms with Gasteiger partial charge in [-0.2, -0.15) is 13.2 Å². The summed E-state index contributed by atoms with van der Waals surface area (Å²) in [4.78, 5) is 11.2. The molecule has 94 valence electrons. The number of urea groups is 1. The molecule has 0 aromatic heterocycles. The van der Waals surface area contributed by atoms with Crippen molar-refractivity contribution in [2.45, 2.75) is 13.1 Å². The van der Waals surface area contributed by atoms with Crippen LogP contribution in [-0.4, -0.2) is 18.8 Å². The maximum Gasteiger partial charge on any atom is 0.405 e. The number of halogens is 3. The fraction of sp³-hybridized carbons (Fsp3) is 0.300. The van der Waals surface area contributed by atoms with Gasteiger partial charge in [-0.05, 0) is 18.6 Å². The summed E-state index contributed by atoms with van der Waals surface area (Å²) in [7, 11) is 0. The van der Waals surface area contributed by atoms with Gasteiger partial charge >= 0.3 is 12.2 Å². The Hall–Kier alpha value is -1.92. The van der Waals surface area contributed by atoms with E-state index < -0.39 is 18.8 Å². The normalized spacial score (nSPS) is 11.1. The summed E-state index contributed by atoms with van der Waals surface area (Å²) in [5.74, 6) is 0. The Labute approximate surface area is 96.0 Å². The van der Waals surface area contributed by atoms with Crippen molar-refractivity contribution < 1.29 is 18.0 Å². The van der Waals surface area contributed by atoms with E-state index in [1.807, 2.05) is 0 Å². The minimum absolute atomic E-state index is 0.298. The monoisotopic (exact) mass is 247 g/mol. The molecule has 0 fully saturated rings. The number of nitrogens with two attached hydrogens (primary N) is 1. The summed E-state index contributed by atoms with van der Waals surface area (Å²) < 4.78 is 35.5.